The first-order valence-corrected chi connectivity index (χ1v) is 7.19. The SMILES string of the molecule is COc1ccc(/C=C/c2ccc(OC(=O)CC(C)=O)cc2)cc1. The van der Waals surface area contributed by atoms with Gasteiger partial charge in [0, 0.05) is 0 Å². The number of rotatable bonds is 6. The van der Waals surface area contributed by atoms with Crippen molar-refractivity contribution in [2.45, 2.75) is 13.3 Å². The van der Waals surface area contributed by atoms with Crippen molar-refractivity contribution in [1.29, 1.82) is 0 Å². The fourth-order valence-corrected chi connectivity index (χ4v) is 1.93. The normalized spacial score (nSPS) is 10.5. The number of methoxy groups -OCH3 is 1. The average molecular weight is 310 g/mol. The molecule has 0 amide bonds. The Labute approximate surface area is 135 Å². The first-order valence-electron chi connectivity index (χ1n) is 7.19. The Morgan fingerprint density at radius 3 is 1.78 bits per heavy atom. The van der Waals surface area contributed by atoms with Gasteiger partial charge in [0.15, 0.2) is 0 Å². The van der Waals surface area contributed by atoms with Gasteiger partial charge >= 0.3 is 5.97 Å². The summed E-state index contributed by atoms with van der Waals surface area (Å²) in [6, 6.07) is 14.8. The van der Waals surface area contributed by atoms with Crippen molar-refractivity contribution in [3.05, 3.63) is 59.7 Å². The minimum Gasteiger partial charge on any atom is -0.497 e. The summed E-state index contributed by atoms with van der Waals surface area (Å²) in [4.78, 5) is 22.2. The quantitative estimate of drug-likeness (QED) is 0.353. The van der Waals surface area contributed by atoms with Crippen molar-refractivity contribution in [2.75, 3.05) is 7.11 Å². The van der Waals surface area contributed by atoms with Crippen LogP contribution in [0.4, 0.5) is 0 Å². The van der Waals surface area contributed by atoms with Gasteiger partial charge < -0.3 is 9.47 Å². The van der Waals surface area contributed by atoms with E-state index in [1.165, 1.54) is 6.92 Å². The number of hydrogen-bond donors (Lipinski definition) is 0. The van der Waals surface area contributed by atoms with Crippen LogP contribution < -0.4 is 9.47 Å². The molecule has 0 N–H and O–H groups in total. The molecule has 2 aromatic carbocycles. The number of ether oxygens (including phenoxy) is 2. The minimum atomic E-state index is -0.543. The van der Waals surface area contributed by atoms with E-state index in [-0.39, 0.29) is 12.2 Å². The van der Waals surface area contributed by atoms with Gasteiger partial charge in [-0.2, -0.15) is 0 Å². The zero-order valence-electron chi connectivity index (χ0n) is 13.1. The molecule has 0 saturated carbocycles. The standard InChI is InChI=1S/C19H18O4/c1-14(20)13-19(21)23-18-11-7-16(8-12-18)4-3-15-5-9-17(22-2)10-6-15/h3-12H,13H2,1-2H3/b4-3+. The van der Waals surface area contributed by atoms with Crippen molar-refractivity contribution in [2.24, 2.45) is 0 Å². The third kappa shape index (κ3) is 5.43. The molecule has 0 radical (unpaired) electrons. The molecule has 0 heterocycles. The van der Waals surface area contributed by atoms with Crippen LogP contribution in [0.2, 0.25) is 0 Å². The molecular formula is C19H18O4. The largest absolute Gasteiger partial charge is 0.497 e. The Bertz CT molecular complexity index is 697. The number of ketones is 1. The van der Waals surface area contributed by atoms with Crippen LogP contribution >= 0.6 is 0 Å². The average Bonchev–Trinajstić information content (AvgIpc) is 2.54. The summed E-state index contributed by atoms with van der Waals surface area (Å²) in [5, 5.41) is 0. The molecular weight excluding hydrogens is 292 g/mol. The summed E-state index contributed by atoms with van der Waals surface area (Å²) >= 11 is 0. The third-order valence-electron chi connectivity index (χ3n) is 3.09. The molecule has 0 aliphatic rings. The third-order valence-corrected chi connectivity index (χ3v) is 3.09. The number of carbonyl (C=O) groups excluding carboxylic acids is 2. The van der Waals surface area contributed by atoms with E-state index in [2.05, 4.69) is 0 Å². The van der Waals surface area contributed by atoms with Gasteiger partial charge in [-0.1, -0.05) is 36.4 Å². The zero-order chi connectivity index (χ0) is 16.7. The molecule has 0 spiro atoms. The molecule has 118 valence electrons. The van der Waals surface area contributed by atoms with Gasteiger partial charge in [-0.15, -0.1) is 0 Å². The summed E-state index contributed by atoms with van der Waals surface area (Å²) in [7, 11) is 1.63. The first kappa shape index (κ1) is 16.5. The molecule has 0 fully saturated rings. The first-order chi connectivity index (χ1) is 11.1. The van der Waals surface area contributed by atoms with Crippen molar-refractivity contribution < 1.29 is 19.1 Å². The lowest BCUT2D eigenvalue weighted by atomic mass is 10.1. The highest BCUT2D eigenvalue weighted by molar-refractivity contribution is 5.94. The Morgan fingerprint density at radius 1 is 0.870 bits per heavy atom. The van der Waals surface area contributed by atoms with Crippen molar-refractivity contribution in [1.82, 2.24) is 0 Å². The van der Waals surface area contributed by atoms with Crippen molar-refractivity contribution >= 4 is 23.9 Å². The summed E-state index contributed by atoms with van der Waals surface area (Å²) in [6.45, 7) is 1.36. The Balaban J connectivity index is 1.97. The highest BCUT2D eigenvalue weighted by atomic mass is 16.5. The maximum atomic E-state index is 11.4. The highest BCUT2D eigenvalue weighted by Crippen LogP contribution is 2.16. The lowest BCUT2D eigenvalue weighted by Gasteiger charge is -2.03. The second-order valence-corrected chi connectivity index (χ2v) is 5.03. The van der Waals surface area contributed by atoms with E-state index >= 15 is 0 Å². The zero-order valence-corrected chi connectivity index (χ0v) is 13.1. The monoisotopic (exact) mass is 310 g/mol. The van der Waals surface area contributed by atoms with Gasteiger partial charge in [-0.25, -0.2) is 0 Å². The van der Waals surface area contributed by atoms with Crippen LogP contribution in [0.5, 0.6) is 11.5 Å². The van der Waals surface area contributed by atoms with Crippen LogP contribution in [-0.2, 0) is 9.59 Å². The second-order valence-electron chi connectivity index (χ2n) is 5.03. The molecule has 2 aromatic rings. The van der Waals surface area contributed by atoms with Gasteiger partial charge in [-0.05, 0) is 42.3 Å². The predicted molar refractivity (Wildman–Crippen MR) is 89.3 cm³/mol. The lowest BCUT2D eigenvalue weighted by molar-refractivity contribution is -0.137. The number of hydrogen-bond acceptors (Lipinski definition) is 4. The smallest absolute Gasteiger partial charge is 0.318 e. The van der Waals surface area contributed by atoms with Gasteiger partial charge in [0.2, 0.25) is 0 Å². The number of esters is 1. The Kier molecular flexibility index (Phi) is 5.69. The van der Waals surface area contributed by atoms with E-state index in [1.807, 2.05) is 48.6 Å². The molecule has 4 heteroatoms. The molecule has 0 atom stereocenters. The van der Waals surface area contributed by atoms with Crippen LogP contribution in [-0.4, -0.2) is 18.9 Å². The van der Waals surface area contributed by atoms with Gasteiger partial charge in [-0.3, -0.25) is 9.59 Å². The molecule has 0 aromatic heterocycles. The van der Waals surface area contributed by atoms with Crippen LogP contribution in [0, 0.1) is 0 Å². The highest BCUT2D eigenvalue weighted by Gasteiger charge is 2.07. The molecule has 0 aliphatic heterocycles. The minimum absolute atomic E-state index is 0.209. The van der Waals surface area contributed by atoms with Gasteiger partial charge in [0.25, 0.3) is 0 Å². The van der Waals surface area contributed by atoms with E-state index < -0.39 is 5.97 Å². The summed E-state index contributed by atoms with van der Waals surface area (Å²) in [6.07, 6.45) is 3.73. The number of benzene rings is 2. The van der Waals surface area contributed by atoms with Gasteiger partial charge in [0.05, 0.1) is 7.11 Å². The molecule has 0 unspecified atom stereocenters. The summed E-state index contributed by atoms with van der Waals surface area (Å²) < 4.78 is 10.2. The predicted octanol–water partition coefficient (Wildman–Crippen LogP) is 3.75. The van der Waals surface area contributed by atoms with E-state index in [0.29, 0.717) is 5.75 Å². The van der Waals surface area contributed by atoms with Crippen LogP contribution in [0.15, 0.2) is 48.5 Å². The Hall–Kier alpha value is -2.88. The van der Waals surface area contributed by atoms with E-state index in [1.54, 1.807) is 19.2 Å². The van der Waals surface area contributed by atoms with Crippen molar-refractivity contribution in [3.63, 3.8) is 0 Å². The van der Waals surface area contributed by atoms with Crippen molar-refractivity contribution in [3.8, 4) is 11.5 Å². The molecule has 4 nitrogen and oxygen atoms in total. The van der Waals surface area contributed by atoms with E-state index in [4.69, 9.17) is 9.47 Å². The molecule has 23 heavy (non-hydrogen) atoms. The maximum Gasteiger partial charge on any atom is 0.318 e. The van der Waals surface area contributed by atoms with Crippen LogP contribution in [0.1, 0.15) is 24.5 Å². The van der Waals surface area contributed by atoms with E-state index in [0.717, 1.165) is 16.9 Å². The molecule has 0 bridgehead atoms. The van der Waals surface area contributed by atoms with Crippen LogP contribution in [0.25, 0.3) is 12.2 Å². The number of carbonyl (C=O) groups is 2. The van der Waals surface area contributed by atoms with E-state index in [9.17, 15) is 9.59 Å². The lowest BCUT2D eigenvalue weighted by Crippen LogP contribution is -2.11. The van der Waals surface area contributed by atoms with Crippen LogP contribution in [0.3, 0.4) is 0 Å². The topological polar surface area (TPSA) is 52.6 Å². The maximum absolute atomic E-state index is 11.4. The fraction of sp³-hybridized carbons (Fsp3) is 0.158. The molecule has 2 rings (SSSR count). The van der Waals surface area contributed by atoms with Gasteiger partial charge in [0.1, 0.15) is 23.7 Å². The number of Topliss-reactive ketones (excluding diaryl/α,β-unsaturated/α-hetero) is 1. The fourth-order valence-electron chi connectivity index (χ4n) is 1.93. The molecule has 0 saturated heterocycles. The summed E-state index contributed by atoms with van der Waals surface area (Å²) in [5.74, 6) is 0.491. The summed E-state index contributed by atoms with van der Waals surface area (Å²) in [5.41, 5.74) is 2.04. The second kappa shape index (κ2) is 7.94. The Morgan fingerprint density at radius 2 is 1.35 bits per heavy atom. The molecule has 0 aliphatic carbocycles.